The van der Waals surface area contributed by atoms with Crippen molar-refractivity contribution in [1.29, 1.82) is 0 Å². The lowest BCUT2D eigenvalue weighted by molar-refractivity contribution is -0.145. The fourth-order valence-electron chi connectivity index (χ4n) is 7.67. The summed E-state index contributed by atoms with van der Waals surface area (Å²) in [6, 6.07) is 0. The van der Waals surface area contributed by atoms with Crippen LogP contribution in [0.15, 0.2) is 11.1 Å². The minimum absolute atomic E-state index is 0.0648. The molecule has 0 aromatic heterocycles. The number of esters is 1. The van der Waals surface area contributed by atoms with Gasteiger partial charge in [0.25, 0.3) is 0 Å². The van der Waals surface area contributed by atoms with Gasteiger partial charge >= 0.3 is 5.97 Å². The Morgan fingerprint density at radius 1 is 1.08 bits per heavy atom. The van der Waals surface area contributed by atoms with Gasteiger partial charge in [0, 0.05) is 5.92 Å². The number of ether oxygens (including phenoxy) is 1. The second-order valence-electron chi connectivity index (χ2n) is 10.4. The highest BCUT2D eigenvalue weighted by atomic mass is 16.5. The van der Waals surface area contributed by atoms with E-state index in [1.54, 1.807) is 0 Å². The van der Waals surface area contributed by atoms with Gasteiger partial charge in [-0.2, -0.15) is 0 Å². The Morgan fingerprint density at radius 2 is 1.92 bits per heavy atom. The first-order chi connectivity index (χ1) is 11.4. The normalized spacial score (nSPS) is 49.1. The molecule has 132 valence electrons. The second-order valence-corrected chi connectivity index (χ2v) is 10.4. The minimum Gasteiger partial charge on any atom is -0.462 e. The summed E-state index contributed by atoms with van der Waals surface area (Å²) in [4.78, 5) is 11.8. The average Bonchev–Trinajstić information content (AvgIpc) is 3.03. The van der Waals surface area contributed by atoms with Gasteiger partial charge in [-0.1, -0.05) is 31.9 Å². The Hall–Kier alpha value is -0.790. The van der Waals surface area contributed by atoms with Crippen molar-refractivity contribution in [3.8, 4) is 0 Å². The second kappa shape index (κ2) is 4.89. The van der Waals surface area contributed by atoms with E-state index in [0.717, 1.165) is 24.2 Å². The molecule has 1 heterocycles. The first-order valence-corrected chi connectivity index (χ1v) is 10.3. The monoisotopic (exact) mass is 328 g/mol. The lowest BCUT2D eigenvalue weighted by Crippen LogP contribution is -2.51. The summed E-state index contributed by atoms with van der Waals surface area (Å²) in [7, 11) is 0. The predicted molar refractivity (Wildman–Crippen MR) is 94.3 cm³/mol. The summed E-state index contributed by atoms with van der Waals surface area (Å²) < 4.78 is 5.64. The smallest absolute Gasteiger partial charge is 0.306 e. The molecule has 3 fully saturated rings. The number of allylic oxidation sites excluding steroid dienone is 2. The van der Waals surface area contributed by atoms with Crippen LogP contribution in [-0.2, 0) is 9.53 Å². The topological polar surface area (TPSA) is 26.3 Å². The van der Waals surface area contributed by atoms with Crippen LogP contribution < -0.4 is 0 Å². The van der Waals surface area contributed by atoms with Crippen LogP contribution in [-0.4, -0.2) is 12.1 Å². The minimum atomic E-state index is 0.0648. The number of rotatable bonds is 0. The van der Waals surface area contributed by atoms with Crippen molar-refractivity contribution in [3.63, 3.8) is 0 Å². The van der Waals surface area contributed by atoms with E-state index in [1.165, 1.54) is 44.9 Å². The van der Waals surface area contributed by atoms with E-state index in [-0.39, 0.29) is 12.1 Å². The molecule has 5 aliphatic rings. The molecule has 0 bridgehead atoms. The van der Waals surface area contributed by atoms with Gasteiger partial charge in [-0.3, -0.25) is 4.79 Å². The van der Waals surface area contributed by atoms with Gasteiger partial charge in [-0.15, -0.1) is 0 Å². The Balaban J connectivity index is 1.47. The maximum Gasteiger partial charge on any atom is 0.306 e. The van der Waals surface area contributed by atoms with E-state index in [9.17, 15) is 4.79 Å². The Morgan fingerprint density at radius 3 is 2.75 bits per heavy atom. The Bertz CT molecular complexity index is 615. The highest BCUT2D eigenvalue weighted by Crippen LogP contribution is 2.65. The molecule has 2 nitrogen and oxygen atoms in total. The number of carbonyl (C=O) groups is 1. The summed E-state index contributed by atoms with van der Waals surface area (Å²) in [6.45, 7) is 7.52. The molecule has 2 heteroatoms. The molecule has 1 aliphatic heterocycles. The van der Waals surface area contributed by atoms with E-state index < -0.39 is 0 Å². The third kappa shape index (κ3) is 1.98. The molecule has 0 spiro atoms. The Labute approximate surface area is 146 Å². The van der Waals surface area contributed by atoms with Crippen molar-refractivity contribution < 1.29 is 9.53 Å². The van der Waals surface area contributed by atoms with Crippen LogP contribution in [0.2, 0.25) is 0 Å². The molecular weight excluding hydrogens is 296 g/mol. The summed E-state index contributed by atoms with van der Waals surface area (Å²) >= 11 is 0. The molecule has 0 aromatic carbocycles. The van der Waals surface area contributed by atoms with E-state index >= 15 is 0 Å². The molecular formula is C22H32O2. The van der Waals surface area contributed by atoms with Crippen molar-refractivity contribution in [2.24, 2.45) is 34.5 Å². The van der Waals surface area contributed by atoms with Gasteiger partial charge in [0.2, 0.25) is 0 Å². The summed E-state index contributed by atoms with van der Waals surface area (Å²) in [5, 5.41) is 0. The van der Waals surface area contributed by atoms with Gasteiger partial charge in [-0.05, 0) is 80.0 Å². The molecule has 0 N–H and O–H groups in total. The molecule has 1 saturated heterocycles. The first-order valence-electron chi connectivity index (χ1n) is 10.3. The third-order valence-electron chi connectivity index (χ3n) is 8.92. The van der Waals surface area contributed by atoms with E-state index in [1.807, 2.05) is 11.1 Å². The fraction of sp³-hybridized carbons (Fsp3) is 0.864. The SMILES string of the molecule is CC1(C)CCC2=C1CC[C@@H]1[C@@H]2CC[C@@H]2C[C@@H]3OC(=O)C[C@@H]3C[C@]21C. The standard InChI is InChI=1S/C22H32O2/c1-21(2)9-8-16-15-5-4-14-11-19-13(10-20(23)24-19)12-22(14,3)18(15)7-6-17(16)21/h13-15,18-19H,4-12H2,1-3H3/t13-,14-,15-,18-,19+,22-/m1/s1. The van der Waals surface area contributed by atoms with Crippen LogP contribution in [0, 0.1) is 34.5 Å². The lowest BCUT2D eigenvalue weighted by atomic mass is 9.47. The highest BCUT2D eigenvalue weighted by Gasteiger charge is 2.57. The van der Waals surface area contributed by atoms with Crippen molar-refractivity contribution in [1.82, 2.24) is 0 Å². The molecule has 0 unspecified atom stereocenters. The van der Waals surface area contributed by atoms with Gasteiger partial charge in [0.15, 0.2) is 0 Å². The van der Waals surface area contributed by atoms with Crippen LogP contribution in [0.5, 0.6) is 0 Å². The highest BCUT2D eigenvalue weighted by molar-refractivity contribution is 5.72. The number of hydrogen-bond acceptors (Lipinski definition) is 2. The molecule has 2 saturated carbocycles. The van der Waals surface area contributed by atoms with Crippen molar-refractivity contribution in [2.45, 2.75) is 84.7 Å². The first kappa shape index (κ1) is 15.5. The van der Waals surface area contributed by atoms with Crippen LogP contribution in [0.3, 0.4) is 0 Å². The molecule has 5 rings (SSSR count). The van der Waals surface area contributed by atoms with E-state index in [4.69, 9.17) is 4.74 Å². The van der Waals surface area contributed by atoms with Crippen molar-refractivity contribution in [2.75, 3.05) is 0 Å². The zero-order valence-corrected chi connectivity index (χ0v) is 15.6. The van der Waals surface area contributed by atoms with E-state index in [0.29, 0.717) is 23.2 Å². The predicted octanol–water partition coefficient (Wildman–Crippen LogP) is 5.27. The van der Waals surface area contributed by atoms with Crippen LogP contribution in [0.1, 0.15) is 78.6 Å². The van der Waals surface area contributed by atoms with Gasteiger partial charge < -0.3 is 4.74 Å². The average molecular weight is 328 g/mol. The fourth-order valence-corrected chi connectivity index (χ4v) is 7.67. The number of hydrogen-bond donors (Lipinski definition) is 0. The maximum absolute atomic E-state index is 11.8. The zero-order chi connectivity index (χ0) is 16.7. The maximum atomic E-state index is 11.8. The van der Waals surface area contributed by atoms with Crippen molar-refractivity contribution >= 4 is 5.97 Å². The summed E-state index contributed by atoms with van der Waals surface area (Å²) in [5.41, 5.74) is 4.61. The molecule has 4 aliphatic carbocycles. The molecule has 0 radical (unpaired) electrons. The van der Waals surface area contributed by atoms with Crippen LogP contribution in [0.4, 0.5) is 0 Å². The van der Waals surface area contributed by atoms with Gasteiger partial charge in [0.1, 0.15) is 6.10 Å². The van der Waals surface area contributed by atoms with Gasteiger partial charge in [-0.25, -0.2) is 0 Å². The van der Waals surface area contributed by atoms with Gasteiger partial charge in [0.05, 0.1) is 6.42 Å². The lowest BCUT2D eigenvalue weighted by Gasteiger charge is -2.57. The zero-order valence-electron chi connectivity index (χ0n) is 15.6. The third-order valence-corrected chi connectivity index (χ3v) is 8.92. The molecule has 24 heavy (non-hydrogen) atoms. The molecule has 6 atom stereocenters. The summed E-state index contributed by atoms with van der Waals surface area (Å²) in [6.07, 6.45) is 11.5. The molecule has 0 aromatic rings. The quantitative estimate of drug-likeness (QED) is 0.447. The van der Waals surface area contributed by atoms with Crippen molar-refractivity contribution in [3.05, 3.63) is 11.1 Å². The number of carbonyl (C=O) groups excluding carboxylic acids is 1. The largest absolute Gasteiger partial charge is 0.462 e. The van der Waals surface area contributed by atoms with Crippen LogP contribution >= 0.6 is 0 Å². The van der Waals surface area contributed by atoms with E-state index in [2.05, 4.69) is 20.8 Å². The van der Waals surface area contributed by atoms with Crippen LogP contribution in [0.25, 0.3) is 0 Å². The molecule has 0 amide bonds. The summed E-state index contributed by atoms with van der Waals surface area (Å²) in [5.74, 6) is 3.07. The number of fused-ring (bicyclic) bond motifs is 5. The Kier molecular flexibility index (Phi) is 3.15.